The number of para-hydroxylation sites is 2. The summed E-state index contributed by atoms with van der Waals surface area (Å²) in [5.41, 5.74) is 6.11. The highest BCUT2D eigenvalue weighted by atomic mass is 15.2. The molecule has 0 aliphatic rings. The molecule has 0 aliphatic carbocycles. The first kappa shape index (κ1) is 15.4. The zero-order valence-electron chi connectivity index (χ0n) is 14.4. The van der Waals surface area contributed by atoms with Gasteiger partial charge in [0, 0.05) is 0 Å². The number of benzene rings is 3. The lowest BCUT2D eigenvalue weighted by Gasteiger charge is -2.07. The van der Waals surface area contributed by atoms with E-state index in [-0.39, 0.29) is 0 Å². The van der Waals surface area contributed by atoms with E-state index >= 15 is 0 Å². The van der Waals surface area contributed by atoms with Crippen molar-refractivity contribution in [3.63, 3.8) is 0 Å². The average Bonchev–Trinajstić information content (AvgIpc) is 2.95. The van der Waals surface area contributed by atoms with Crippen LogP contribution in [0.1, 0.15) is 11.1 Å². The lowest BCUT2D eigenvalue weighted by molar-refractivity contribution is -0.634. The number of hydrogen-bond donors (Lipinski definition) is 0. The molecular weight excluding hydrogens is 304 g/mol. The second kappa shape index (κ2) is 6.40. The largest absolute Gasteiger partial charge is 0.290 e. The summed E-state index contributed by atoms with van der Waals surface area (Å²) in [6, 6.07) is 27.6. The summed E-state index contributed by atoms with van der Waals surface area (Å²) in [6.45, 7) is 4.83. The highest BCUT2D eigenvalue weighted by Crippen LogP contribution is 2.27. The van der Waals surface area contributed by atoms with Crippen LogP contribution in [0.2, 0.25) is 0 Å². The first-order valence-corrected chi connectivity index (χ1v) is 8.52. The van der Waals surface area contributed by atoms with Crippen molar-refractivity contribution in [1.29, 1.82) is 0 Å². The molecule has 3 aromatic carbocycles. The van der Waals surface area contributed by atoms with E-state index in [4.69, 9.17) is 0 Å². The number of nitrogens with zero attached hydrogens (tertiary/aromatic N) is 2. The van der Waals surface area contributed by atoms with Gasteiger partial charge in [-0.05, 0) is 29.3 Å². The molecule has 122 valence electrons. The van der Waals surface area contributed by atoms with Gasteiger partial charge < -0.3 is 0 Å². The molecule has 1 aromatic heterocycles. The van der Waals surface area contributed by atoms with Crippen LogP contribution < -0.4 is 4.57 Å². The van der Waals surface area contributed by atoms with Crippen LogP contribution >= 0.6 is 0 Å². The summed E-state index contributed by atoms with van der Waals surface area (Å²) < 4.78 is 4.67. The Labute approximate surface area is 148 Å². The summed E-state index contributed by atoms with van der Waals surface area (Å²) in [4.78, 5) is 0. The zero-order chi connectivity index (χ0) is 17.2. The van der Waals surface area contributed by atoms with Crippen LogP contribution in [0.3, 0.4) is 0 Å². The molecule has 0 unspecified atom stereocenters. The third-order valence-electron chi connectivity index (χ3n) is 4.71. The van der Waals surface area contributed by atoms with Gasteiger partial charge in [0.2, 0.25) is 0 Å². The molecule has 1 heterocycles. The van der Waals surface area contributed by atoms with Gasteiger partial charge in [-0.3, -0.25) is 0 Å². The highest BCUT2D eigenvalue weighted by molar-refractivity contribution is 5.78. The monoisotopic (exact) mass is 325 g/mol. The van der Waals surface area contributed by atoms with Crippen LogP contribution in [0.4, 0.5) is 0 Å². The predicted molar refractivity (Wildman–Crippen MR) is 104 cm³/mol. The molecule has 4 aromatic rings. The van der Waals surface area contributed by atoms with Crippen LogP contribution in [0.25, 0.3) is 28.5 Å². The van der Waals surface area contributed by atoms with Gasteiger partial charge >= 0.3 is 0 Å². The topological polar surface area (TPSA) is 8.81 Å². The van der Waals surface area contributed by atoms with Gasteiger partial charge in [-0.1, -0.05) is 73.3 Å². The van der Waals surface area contributed by atoms with E-state index < -0.39 is 0 Å². The van der Waals surface area contributed by atoms with Crippen molar-refractivity contribution >= 4 is 17.1 Å². The Bertz CT molecular complexity index is 1040. The summed E-state index contributed by atoms with van der Waals surface area (Å²) in [6.07, 6.45) is 1.93. The second-order valence-electron chi connectivity index (χ2n) is 6.23. The molecule has 25 heavy (non-hydrogen) atoms. The smallest absolute Gasteiger partial charge is 0.226 e. The fraction of sp³-hybridized carbons (Fsp3) is 0.0870. The normalized spacial score (nSPS) is 10.9. The second-order valence-corrected chi connectivity index (χ2v) is 6.23. The quantitative estimate of drug-likeness (QED) is 0.476. The lowest BCUT2D eigenvalue weighted by atomic mass is 10.1. The molecule has 0 N–H and O–H groups in total. The first-order valence-electron chi connectivity index (χ1n) is 8.52. The molecule has 0 spiro atoms. The molecule has 2 nitrogen and oxygen atoms in total. The summed E-state index contributed by atoms with van der Waals surface area (Å²) in [5, 5.41) is 0. The molecule has 0 amide bonds. The molecule has 0 radical (unpaired) electrons. The molecule has 2 heteroatoms. The first-order chi connectivity index (χ1) is 12.3. The van der Waals surface area contributed by atoms with Gasteiger partial charge in [-0.25, -0.2) is 9.13 Å². The number of imidazole rings is 1. The van der Waals surface area contributed by atoms with E-state index in [2.05, 4.69) is 102 Å². The number of hydrogen-bond acceptors (Lipinski definition) is 0. The minimum Gasteiger partial charge on any atom is -0.226 e. The van der Waals surface area contributed by atoms with Gasteiger partial charge in [0.25, 0.3) is 5.82 Å². The summed E-state index contributed by atoms with van der Waals surface area (Å²) in [7, 11) is 2.14. The van der Waals surface area contributed by atoms with Crippen molar-refractivity contribution in [3.05, 3.63) is 96.6 Å². The van der Waals surface area contributed by atoms with Gasteiger partial charge in [0.1, 0.15) is 6.54 Å². The molecular formula is C23H21N2+. The van der Waals surface area contributed by atoms with Crippen molar-refractivity contribution in [2.24, 2.45) is 7.05 Å². The Balaban J connectivity index is 2.01. The van der Waals surface area contributed by atoms with Crippen molar-refractivity contribution in [3.8, 4) is 11.4 Å². The number of fused-ring (bicyclic) bond motifs is 1. The minimum atomic E-state index is 0.836. The van der Waals surface area contributed by atoms with E-state index in [1.807, 2.05) is 6.08 Å². The third kappa shape index (κ3) is 2.66. The fourth-order valence-electron chi connectivity index (χ4n) is 3.52. The molecule has 0 atom stereocenters. The predicted octanol–water partition coefficient (Wildman–Crippen LogP) is 4.82. The molecule has 0 aliphatic heterocycles. The molecule has 0 bridgehead atoms. The number of aryl methyl sites for hydroxylation is 1. The van der Waals surface area contributed by atoms with Crippen LogP contribution in [0.15, 0.2) is 85.4 Å². The number of rotatable bonds is 4. The molecule has 4 rings (SSSR count). The maximum atomic E-state index is 4.00. The average molecular weight is 325 g/mol. The van der Waals surface area contributed by atoms with Crippen molar-refractivity contribution in [2.75, 3.05) is 0 Å². The van der Waals surface area contributed by atoms with E-state index in [1.165, 1.54) is 28.0 Å². The van der Waals surface area contributed by atoms with E-state index in [0.29, 0.717) is 0 Å². The third-order valence-corrected chi connectivity index (χ3v) is 4.71. The van der Waals surface area contributed by atoms with Crippen LogP contribution in [-0.4, -0.2) is 4.57 Å². The van der Waals surface area contributed by atoms with E-state index in [1.54, 1.807) is 0 Å². The zero-order valence-corrected chi connectivity index (χ0v) is 14.4. The van der Waals surface area contributed by atoms with Gasteiger partial charge in [-0.15, -0.1) is 0 Å². The van der Waals surface area contributed by atoms with E-state index in [0.717, 1.165) is 12.1 Å². The Morgan fingerprint density at radius 1 is 0.880 bits per heavy atom. The van der Waals surface area contributed by atoms with Crippen LogP contribution in [0.5, 0.6) is 0 Å². The Hall–Kier alpha value is -3.13. The van der Waals surface area contributed by atoms with E-state index in [9.17, 15) is 0 Å². The van der Waals surface area contributed by atoms with Gasteiger partial charge in [0.05, 0.1) is 12.6 Å². The molecule has 0 saturated carbocycles. The minimum absolute atomic E-state index is 0.836. The van der Waals surface area contributed by atoms with Gasteiger partial charge in [-0.2, -0.15) is 0 Å². The van der Waals surface area contributed by atoms with Crippen molar-refractivity contribution in [1.82, 2.24) is 4.57 Å². The molecule has 0 fully saturated rings. The Morgan fingerprint density at radius 3 is 2.36 bits per heavy atom. The maximum Gasteiger partial charge on any atom is 0.290 e. The van der Waals surface area contributed by atoms with Crippen LogP contribution in [0, 0.1) is 0 Å². The van der Waals surface area contributed by atoms with Crippen molar-refractivity contribution in [2.45, 2.75) is 6.54 Å². The standard InChI is InChI=1S/C23H21N2/c1-3-19-13-7-8-14-20(19)23-24(2)21-15-9-10-16-22(21)25(23)17-18-11-5-4-6-12-18/h3-16H,1,17H2,2H3/q+1. The number of aromatic nitrogens is 2. The van der Waals surface area contributed by atoms with Crippen molar-refractivity contribution < 1.29 is 4.57 Å². The Morgan fingerprint density at radius 2 is 1.56 bits per heavy atom. The van der Waals surface area contributed by atoms with Crippen LogP contribution in [-0.2, 0) is 13.6 Å². The van der Waals surface area contributed by atoms with Gasteiger partial charge in [0.15, 0.2) is 11.0 Å². The highest BCUT2D eigenvalue weighted by Gasteiger charge is 2.25. The fourth-order valence-corrected chi connectivity index (χ4v) is 3.52. The Kier molecular flexibility index (Phi) is 3.95. The maximum absolute atomic E-state index is 4.00. The summed E-state index contributed by atoms with van der Waals surface area (Å²) >= 11 is 0. The molecule has 0 saturated heterocycles. The SMILES string of the molecule is C=Cc1ccccc1-c1n(Cc2ccccc2)c2ccccc2[n+]1C. The lowest BCUT2D eigenvalue weighted by Crippen LogP contribution is -2.30. The summed E-state index contributed by atoms with van der Waals surface area (Å²) in [5.74, 6) is 1.19.